The van der Waals surface area contributed by atoms with Crippen molar-refractivity contribution in [1.29, 1.82) is 0 Å². The molecule has 1 saturated carbocycles. The molecular formula is C24H31FN4O4. The molecule has 1 N–H and O–H groups in total. The number of hydrogen-bond donors (Lipinski definition) is 1. The van der Waals surface area contributed by atoms with Crippen LogP contribution in [-0.2, 0) is 11.2 Å². The number of halogens is 1. The third-order valence-electron chi connectivity index (χ3n) is 6.44. The standard InChI is InChI=1S/C24H31FN4O4/c1-5-16-6-7-19(18(25)10-16)28-21-20(31-4)22(27-14-26-21)32-13-24-8-9-29(12-17(24)11-24)23(30)33-15(2)3/h6-7,10,14-15,17H,5,8-9,11-13H2,1-4H3,(H,26,27,28). The molecule has 1 aliphatic carbocycles. The van der Waals surface area contributed by atoms with Gasteiger partial charge in [0.25, 0.3) is 5.88 Å². The van der Waals surface area contributed by atoms with Gasteiger partial charge < -0.3 is 24.4 Å². The Balaban J connectivity index is 1.40. The van der Waals surface area contributed by atoms with Gasteiger partial charge in [0, 0.05) is 18.5 Å². The second-order valence-corrected chi connectivity index (χ2v) is 9.03. The highest BCUT2D eigenvalue weighted by Crippen LogP contribution is 2.58. The summed E-state index contributed by atoms with van der Waals surface area (Å²) in [6, 6.07) is 5.05. The predicted octanol–water partition coefficient (Wildman–Crippen LogP) is 4.57. The second-order valence-electron chi connectivity index (χ2n) is 9.03. The fourth-order valence-corrected chi connectivity index (χ4v) is 4.36. The smallest absolute Gasteiger partial charge is 0.410 e. The lowest BCUT2D eigenvalue weighted by Crippen LogP contribution is -2.41. The zero-order valence-corrected chi connectivity index (χ0v) is 19.6. The van der Waals surface area contributed by atoms with Gasteiger partial charge in [0.1, 0.15) is 12.1 Å². The van der Waals surface area contributed by atoms with Crippen LogP contribution in [0.5, 0.6) is 11.6 Å². The van der Waals surface area contributed by atoms with Crippen molar-refractivity contribution >= 4 is 17.6 Å². The molecule has 2 heterocycles. The summed E-state index contributed by atoms with van der Waals surface area (Å²) in [5.41, 5.74) is 1.25. The van der Waals surface area contributed by atoms with Crippen LogP contribution < -0.4 is 14.8 Å². The van der Waals surface area contributed by atoms with E-state index in [-0.39, 0.29) is 23.4 Å². The molecule has 0 bridgehead atoms. The number of hydrogen-bond acceptors (Lipinski definition) is 7. The average molecular weight is 459 g/mol. The lowest BCUT2D eigenvalue weighted by atomic mass is 9.96. The normalized spacial score (nSPS) is 21.4. The van der Waals surface area contributed by atoms with Crippen LogP contribution in [0, 0.1) is 17.2 Å². The van der Waals surface area contributed by atoms with Gasteiger partial charge in [-0.1, -0.05) is 13.0 Å². The highest BCUT2D eigenvalue weighted by molar-refractivity contribution is 5.68. The molecular weight excluding hydrogens is 427 g/mol. The first-order chi connectivity index (χ1) is 15.8. The Morgan fingerprint density at radius 3 is 2.85 bits per heavy atom. The first kappa shape index (κ1) is 23.1. The maximum atomic E-state index is 14.4. The van der Waals surface area contributed by atoms with E-state index in [1.165, 1.54) is 19.5 Å². The number of rotatable bonds is 8. The SMILES string of the molecule is CCc1ccc(Nc2ncnc(OCC34CCN(C(=O)OC(C)C)CC3C4)c2OC)c(F)c1. The first-order valence-corrected chi connectivity index (χ1v) is 11.4. The summed E-state index contributed by atoms with van der Waals surface area (Å²) in [5, 5.41) is 2.99. The van der Waals surface area contributed by atoms with Crippen LogP contribution in [0.1, 0.15) is 39.2 Å². The molecule has 1 amide bonds. The minimum atomic E-state index is -0.361. The van der Waals surface area contributed by atoms with Gasteiger partial charge in [-0.2, -0.15) is 4.98 Å². The molecule has 2 aromatic rings. The van der Waals surface area contributed by atoms with Gasteiger partial charge in [0.05, 0.1) is 25.5 Å². The van der Waals surface area contributed by atoms with Gasteiger partial charge in [-0.25, -0.2) is 14.2 Å². The number of piperidine rings is 1. The lowest BCUT2D eigenvalue weighted by molar-refractivity contribution is 0.0585. The highest BCUT2D eigenvalue weighted by atomic mass is 19.1. The summed E-state index contributed by atoms with van der Waals surface area (Å²) in [6.07, 6.45) is 3.58. The zero-order chi connectivity index (χ0) is 23.6. The van der Waals surface area contributed by atoms with E-state index in [2.05, 4.69) is 15.3 Å². The molecule has 4 rings (SSSR count). The Morgan fingerprint density at radius 2 is 2.18 bits per heavy atom. The van der Waals surface area contributed by atoms with Gasteiger partial charge in [0.15, 0.2) is 5.82 Å². The number of anilines is 2. The summed E-state index contributed by atoms with van der Waals surface area (Å²) < 4.78 is 31.3. The van der Waals surface area contributed by atoms with Crippen molar-refractivity contribution in [3.63, 3.8) is 0 Å². The molecule has 2 fully saturated rings. The number of aromatic nitrogens is 2. The number of carbonyl (C=O) groups excluding carboxylic acids is 1. The van der Waals surface area contributed by atoms with Crippen LogP contribution in [0.3, 0.4) is 0 Å². The predicted molar refractivity (Wildman–Crippen MR) is 121 cm³/mol. The van der Waals surface area contributed by atoms with Crippen molar-refractivity contribution in [3.8, 4) is 11.6 Å². The second kappa shape index (κ2) is 9.41. The minimum absolute atomic E-state index is 0.0280. The number of amides is 1. The summed E-state index contributed by atoms with van der Waals surface area (Å²) in [6.45, 7) is 7.47. The summed E-state index contributed by atoms with van der Waals surface area (Å²) >= 11 is 0. The van der Waals surface area contributed by atoms with E-state index < -0.39 is 0 Å². The number of fused-ring (bicyclic) bond motifs is 1. The van der Waals surface area contributed by atoms with E-state index in [4.69, 9.17) is 14.2 Å². The Kier molecular flexibility index (Phi) is 6.58. The summed E-state index contributed by atoms with van der Waals surface area (Å²) in [7, 11) is 1.50. The van der Waals surface area contributed by atoms with Crippen LogP contribution >= 0.6 is 0 Å². The molecule has 1 aliphatic heterocycles. The molecule has 2 atom stereocenters. The molecule has 9 heteroatoms. The molecule has 0 radical (unpaired) electrons. The van der Waals surface area contributed by atoms with Crippen LogP contribution in [0.4, 0.5) is 20.7 Å². The molecule has 1 aromatic carbocycles. The number of benzene rings is 1. The van der Waals surface area contributed by atoms with Gasteiger partial charge >= 0.3 is 6.09 Å². The number of carbonyl (C=O) groups is 1. The van der Waals surface area contributed by atoms with E-state index in [1.807, 2.05) is 26.8 Å². The monoisotopic (exact) mass is 458 g/mol. The Morgan fingerprint density at radius 1 is 1.36 bits per heavy atom. The van der Waals surface area contributed by atoms with E-state index in [9.17, 15) is 9.18 Å². The number of ether oxygens (including phenoxy) is 3. The maximum absolute atomic E-state index is 14.4. The van der Waals surface area contributed by atoms with E-state index in [0.717, 1.165) is 24.8 Å². The zero-order valence-electron chi connectivity index (χ0n) is 19.6. The molecule has 2 unspecified atom stereocenters. The summed E-state index contributed by atoms with van der Waals surface area (Å²) in [5.74, 6) is 0.981. The van der Waals surface area contributed by atoms with Gasteiger partial charge in [-0.05, 0) is 56.7 Å². The number of nitrogens with one attached hydrogen (secondary N) is 1. The lowest BCUT2D eigenvalue weighted by Gasteiger charge is -2.31. The topological polar surface area (TPSA) is 85.8 Å². The Hall–Kier alpha value is -3.10. The van der Waals surface area contributed by atoms with Crippen LogP contribution in [0.2, 0.25) is 0 Å². The van der Waals surface area contributed by atoms with Crippen LogP contribution in [-0.4, -0.2) is 53.9 Å². The fraction of sp³-hybridized carbons (Fsp3) is 0.542. The number of methoxy groups -OCH3 is 1. The van der Waals surface area contributed by atoms with E-state index >= 15 is 0 Å². The van der Waals surface area contributed by atoms with Crippen LogP contribution in [0.25, 0.3) is 0 Å². The van der Waals surface area contributed by atoms with Crippen molar-refractivity contribution in [3.05, 3.63) is 35.9 Å². The maximum Gasteiger partial charge on any atom is 0.410 e. The Bertz CT molecular complexity index is 1020. The van der Waals surface area contributed by atoms with Crippen molar-refractivity contribution < 1.29 is 23.4 Å². The largest absolute Gasteiger partial charge is 0.489 e. The number of aryl methyl sites for hydroxylation is 1. The first-order valence-electron chi connectivity index (χ1n) is 11.4. The third kappa shape index (κ3) is 4.96. The fourth-order valence-electron chi connectivity index (χ4n) is 4.36. The third-order valence-corrected chi connectivity index (χ3v) is 6.44. The van der Waals surface area contributed by atoms with Gasteiger partial charge in [-0.3, -0.25) is 0 Å². The van der Waals surface area contributed by atoms with Crippen molar-refractivity contribution in [2.24, 2.45) is 11.3 Å². The Labute approximate surface area is 193 Å². The van der Waals surface area contributed by atoms with E-state index in [1.54, 1.807) is 11.0 Å². The van der Waals surface area contributed by atoms with Crippen molar-refractivity contribution in [2.75, 3.05) is 32.1 Å². The van der Waals surface area contributed by atoms with Crippen molar-refractivity contribution in [1.82, 2.24) is 14.9 Å². The number of nitrogens with zero attached hydrogens (tertiary/aromatic N) is 3. The minimum Gasteiger partial charge on any atom is -0.489 e. The molecule has 33 heavy (non-hydrogen) atoms. The van der Waals surface area contributed by atoms with Gasteiger partial charge in [-0.15, -0.1) is 0 Å². The molecule has 178 valence electrons. The number of likely N-dealkylation sites (tertiary alicyclic amines) is 1. The highest BCUT2D eigenvalue weighted by Gasteiger charge is 2.58. The molecule has 1 saturated heterocycles. The van der Waals surface area contributed by atoms with Gasteiger partial charge in [0.2, 0.25) is 5.75 Å². The molecule has 1 aromatic heterocycles. The van der Waals surface area contributed by atoms with E-state index in [0.29, 0.717) is 48.7 Å². The molecule has 8 nitrogen and oxygen atoms in total. The average Bonchev–Trinajstić information content (AvgIpc) is 3.52. The molecule has 0 spiro atoms. The van der Waals surface area contributed by atoms with Crippen molar-refractivity contribution in [2.45, 2.75) is 46.1 Å². The quantitative estimate of drug-likeness (QED) is 0.620. The van der Waals surface area contributed by atoms with Crippen LogP contribution in [0.15, 0.2) is 24.5 Å². The summed E-state index contributed by atoms with van der Waals surface area (Å²) in [4.78, 5) is 22.4. The molecule has 2 aliphatic rings.